The van der Waals surface area contributed by atoms with Crippen molar-refractivity contribution < 1.29 is 18.7 Å². The Morgan fingerprint density at radius 1 is 1.12 bits per heavy atom. The van der Waals surface area contributed by atoms with Crippen LogP contribution in [0.15, 0.2) is 67.0 Å². The standard InChI is InChI=1S/C26H25FN4O3/c1-30-23(32)7-3-12-26(30)17-31(16-22(26)18-8-10-20(27)11-9-18)24(33)19-5-2-6-21(15-19)34-25-28-13-4-14-29-25/h2,4-6,8-11,13-15,22H,3,7,12,16-17H2,1H3/t22-,26+/m0/s1. The third-order valence-electron chi connectivity index (χ3n) is 6.95. The van der Waals surface area contributed by atoms with E-state index >= 15 is 0 Å². The van der Waals surface area contributed by atoms with Crippen LogP contribution in [0.3, 0.4) is 0 Å². The summed E-state index contributed by atoms with van der Waals surface area (Å²) >= 11 is 0. The molecular weight excluding hydrogens is 435 g/mol. The Labute approximate surface area is 197 Å². The number of aromatic nitrogens is 2. The number of carbonyl (C=O) groups excluding carboxylic acids is 2. The molecule has 0 unspecified atom stereocenters. The van der Waals surface area contributed by atoms with Gasteiger partial charge in [-0.15, -0.1) is 0 Å². The van der Waals surface area contributed by atoms with Gasteiger partial charge in [-0.25, -0.2) is 14.4 Å². The van der Waals surface area contributed by atoms with E-state index in [4.69, 9.17) is 4.74 Å². The molecule has 2 aromatic carbocycles. The summed E-state index contributed by atoms with van der Waals surface area (Å²) in [5.41, 5.74) is 0.888. The minimum absolute atomic E-state index is 0.0749. The first kappa shape index (κ1) is 22.0. The number of carbonyl (C=O) groups is 2. The number of halogens is 1. The molecule has 174 valence electrons. The molecule has 0 saturated carbocycles. The van der Waals surface area contributed by atoms with E-state index in [0.717, 1.165) is 18.4 Å². The van der Waals surface area contributed by atoms with E-state index < -0.39 is 5.54 Å². The summed E-state index contributed by atoms with van der Waals surface area (Å²) < 4.78 is 19.3. The first-order valence-electron chi connectivity index (χ1n) is 11.3. The molecule has 5 rings (SSSR count). The average Bonchev–Trinajstić information content (AvgIpc) is 3.23. The lowest BCUT2D eigenvalue weighted by Crippen LogP contribution is -2.57. The number of hydrogen-bond donors (Lipinski definition) is 0. The largest absolute Gasteiger partial charge is 0.424 e. The predicted molar refractivity (Wildman–Crippen MR) is 123 cm³/mol. The van der Waals surface area contributed by atoms with Crippen molar-refractivity contribution >= 4 is 11.8 Å². The molecular formula is C26H25FN4O3. The van der Waals surface area contributed by atoms with Crippen molar-refractivity contribution in [1.82, 2.24) is 19.8 Å². The number of benzene rings is 2. The van der Waals surface area contributed by atoms with Gasteiger partial charge in [0.25, 0.3) is 5.91 Å². The van der Waals surface area contributed by atoms with Gasteiger partial charge >= 0.3 is 6.01 Å². The Morgan fingerprint density at radius 2 is 1.88 bits per heavy atom. The fraction of sp³-hybridized carbons (Fsp3) is 0.308. The molecule has 2 fully saturated rings. The van der Waals surface area contributed by atoms with Crippen LogP contribution in [0.4, 0.5) is 4.39 Å². The van der Waals surface area contributed by atoms with Crippen LogP contribution in [0.25, 0.3) is 0 Å². The SMILES string of the molecule is CN1C(=O)CCC[C@]12CN(C(=O)c1cccc(Oc3ncccn3)c1)C[C@H]2c1ccc(F)cc1. The van der Waals surface area contributed by atoms with Gasteiger partial charge in [0.15, 0.2) is 0 Å². The fourth-order valence-electron chi connectivity index (χ4n) is 5.20. The van der Waals surface area contributed by atoms with Gasteiger partial charge in [0.1, 0.15) is 11.6 Å². The van der Waals surface area contributed by atoms with Crippen molar-refractivity contribution in [1.29, 1.82) is 0 Å². The van der Waals surface area contributed by atoms with Crippen molar-refractivity contribution in [2.24, 2.45) is 0 Å². The second kappa shape index (κ2) is 8.85. The molecule has 1 aromatic heterocycles. The highest BCUT2D eigenvalue weighted by Gasteiger charge is 2.53. The minimum atomic E-state index is -0.519. The molecule has 0 N–H and O–H groups in total. The molecule has 0 radical (unpaired) electrons. The number of likely N-dealkylation sites (N-methyl/N-ethyl adjacent to an activating group) is 1. The number of hydrogen-bond acceptors (Lipinski definition) is 5. The quantitative estimate of drug-likeness (QED) is 0.588. The fourth-order valence-corrected chi connectivity index (χ4v) is 5.20. The molecule has 0 aliphatic carbocycles. The highest BCUT2D eigenvalue weighted by atomic mass is 19.1. The summed E-state index contributed by atoms with van der Waals surface area (Å²) in [6.45, 7) is 0.859. The Morgan fingerprint density at radius 3 is 2.65 bits per heavy atom. The summed E-state index contributed by atoms with van der Waals surface area (Å²) in [5.74, 6) is -0.0220. The van der Waals surface area contributed by atoms with Gasteiger partial charge < -0.3 is 14.5 Å². The summed E-state index contributed by atoms with van der Waals surface area (Å²) in [6, 6.07) is 15.2. The van der Waals surface area contributed by atoms with Crippen LogP contribution >= 0.6 is 0 Å². The van der Waals surface area contributed by atoms with Gasteiger partial charge in [0.05, 0.1) is 5.54 Å². The Bertz CT molecular complexity index is 1200. The molecule has 2 saturated heterocycles. The van der Waals surface area contributed by atoms with Crippen LogP contribution in [0.2, 0.25) is 0 Å². The zero-order valence-electron chi connectivity index (χ0n) is 18.9. The zero-order chi connectivity index (χ0) is 23.7. The summed E-state index contributed by atoms with van der Waals surface area (Å²) in [7, 11) is 1.82. The van der Waals surface area contributed by atoms with Gasteiger partial charge in [-0.1, -0.05) is 18.2 Å². The molecule has 2 aliphatic heterocycles. The van der Waals surface area contributed by atoms with E-state index in [-0.39, 0.29) is 29.6 Å². The van der Waals surface area contributed by atoms with Gasteiger partial charge in [0.2, 0.25) is 5.91 Å². The van der Waals surface area contributed by atoms with E-state index in [2.05, 4.69) is 9.97 Å². The molecule has 3 heterocycles. The van der Waals surface area contributed by atoms with Crippen molar-refractivity contribution in [3.63, 3.8) is 0 Å². The van der Waals surface area contributed by atoms with E-state index in [0.29, 0.717) is 30.8 Å². The molecule has 0 bridgehead atoms. The third-order valence-corrected chi connectivity index (χ3v) is 6.95. The lowest BCUT2D eigenvalue weighted by atomic mass is 9.75. The molecule has 34 heavy (non-hydrogen) atoms. The van der Waals surface area contributed by atoms with E-state index in [1.165, 1.54) is 12.1 Å². The van der Waals surface area contributed by atoms with Crippen LogP contribution in [0, 0.1) is 5.82 Å². The third kappa shape index (κ3) is 4.00. The lowest BCUT2D eigenvalue weighted by Gasteiger charge is -2.46. The van der Waals surface area contributed by atoms with Crippen molar-refractivity contribution in [3.05, 3.63) is 83.9 Å². The normalized spacial score (nSPS) is 22.3. The Balaban J connectivity index is 1.44. The molecule has 3 aromatic rings. The van der Waals surface area contributed by atoms with Gasteiger partial charge in [-0.2, -0.15) is 0 Å². The van der Waals surface area contributed by atoms with Gasteiger partial charge in [-0.3, -0.25) is 9.59 Å². The molecule has 1 spiro atoms. The topological polar surface area (TPSA) is 75.6 Å². The second-order valence-corrected chi connectivity index (χ2v) is 8.86. The maximum Gasteiger partial charge on any atom is 0.321 e. The summed E-state index contributed by atoms with van der Waals surface area (Å²) in [6.07, 6.45) is 5.22. The Hall–Kier alpha value is -3.81. The molecule has 2 aliphatic rings. The number of amides is 2. The molecule has 8 heteroatoms. The van der Waals surface area contributed by atoms with E-state index in [1.807, 2.05) is 11.9 Å². The highest BCUT2D eigenvalue weighted by Crippen LogP contribution is 2.46. The predicted octanol–water partition coefficient (Wildman–Crippen LogP) is 4.03. The van der Waals surface area contributed by atoms with Crippen molar-refractivity contribution in [3.8, 4) is 11.8 Å². The monoisotopic (exact) mass is 460 g/mol. The first-order chi connectivity index (χ1) is 16.5. The number of ether oxygens (including phenoxy) is 1. The molecule has 2 amide bonds. The highest BCUT2D eigenvalue weighted by molar-refractivity contribution is 5.95. The van der Waals surface area contributed by atoms with Crippen molar-refractivity contribution in [2.45, 2.75) is 30.7 Å². The average molecular weight is 461 g/mol. The van der Waals surface area contributed by atoms with Crippen LogP contribution < -0.4 is 4.74 Å². The lowest BCUT2D eigenvalue weighted by molar-refractivity contribution is -0.139. The van der Waals surface area contributed by atoms with Crippen LogP contribution in [-0.4, -0.2) is 57.3 Å². The smallest absolute Gasteiger partial charge is 0.321 e. The minimum Gasteiger partial charge on any atom is -0.424 e. The zero-order valence-corrected chi connectivity index (χ0v) is 18.9. The van der Waals surface area contributed by atoms with Crippen LogP contribution in [0.1, 0.15) is 41.1 Å². The van der Waals surface area contributed by atoms with Gasteiger partial charge in [0, 0.05) is 50.4 Å². The van der Waals surface area contributed by atoms with Gasteiger partial charge in [-0.05, 0) is 54.8 Å². The Kier molecular flexibility index (Phi) is 5.73. The first-order valence-corrected chi connectivity index (χ1v) is 11.3. The molecule has 7 nitrogen and oxygen atoms in total. The maximum absolute atomic E-state index is 13.6. The second-order valence-electron chi connectivity index (χ2n) is 8.86. The maximum atomic E-state index is 13.6. The summed E-state index contributed by atoms with van der Waals surface area (Å²) in [5, 5.41) is 0. The number of likely N-dealkylation sites (tertiary alicyclic amines) is 2. The van der Waals surface area contributed by atoms with Crippen LogP contribution in [0.5, 0.6) is 11.8 Å². The van der Waals surface area contributed by atoms with E-state index in [1.54, 1.807) is 59.8 Å². The number of rotatable bonds is 4. The van der Waals surface area contributed by atoms with E-state index in [9.17, 15) is 14.0 Å². The van der Waals surface area contributed by atoms with Crippen molar-refractivity contribution in [2.75, 3.05) is 20.1 Å². The summed E-state index contributed by atoms with van der Waals surface area (Å²) in [4.78, 5) is 38.0. The number of nitrogens with zero attached hydrogens (tertiary/aromatic N) is 4. The van der Waals surface area contributed by atoms with Crippen LogP contribution in [-0.2, 0) is 4.79 Å². The molecule has 2 atom stereocenters. The number of piperidine rings is 1.